The first-order valence-electron chi connectivity index (χ1n) is 5.78. The normalized spacial score (nSPS) is 31.9. The van der Waals surface area contributed by atoms with Crippen LogP contribution in [0.2, 0.25) is 0 Å². The molecule has 3 atom stereocenters. The third-order valence-corrected chi connectivity index (χ3v) is 4.50. The maximum absolute atomic E-state index is 10.9. The van der Waals surface area contributed by atoms with Crippen LogP contribution in [0.3, 0.4) is 0 Å². The zero-order chi connectivity index (χ0) is 12.0. The lowest BCUT2D eigenvalue weighted by molar-refractivity contribution is 0.359. The molecule has 0 radical (unpaired) electrons. The van der Waals surface area contributed by atoms with Gasteiger partial charge in [0.15, 0.2) is 0 Å². The van der Waals surface area contributed by atoms with Gasteiger partial charge in [-0.3, -0.25) is 4.55 Å². The molecule has 17 heavy (non-hydrogen) atoms. The molecule has 1 aromatic rings. The van der Waals surface area contributed by atoms with Crippen molar-refractivity contribution in [1.82, 2.24) is 0 Å². The van der Waals surface area contributed by atoms with Gasteiger partial charge in [-0.05, 0) is 30.5 Å². The molecule has 1 saturated heterocycles. The second-order valence-electron chi connectivity index (χ2n) is 4.72. The Bertz CT molecular complexity index is 520. The summed E-state index contributed by atoms with van der Waals surface area (Å²) >= 11 is 0. The summed E-state index contributed by atoms with van der Waals surface area (Å²) in [4.78, 5) is -0.0506. The average molecular weight is 254 g/mol. The van der Waals surface area contributed by atoms with Crippen molar-refractivity contribution < 1.29 is 17.7 Å². The molecule has 1 saturated carbocycles. The van der Waals surface area contributed by atoms with Gasteiger partial charge in [0, 0.05) is 5.92 Å². The second kappa shape index (κ2) is 3.80. The van der Waals surface area contributed by atoms with E-state index in [4.69, 9.17) is 9.29 Å². The summed E-state index contributed by atoms with van der Waals surface area (Å²) in [5.41, 5.74) is 1.10. The number of hydrogen-bond acceptors (Lipinski definition) is 3. The zero-order valence-corrected chi connectivity index (χ0v) is 10.1. The van der Waals surface area contributed by atoms with Gasteiger partial charge in [-0.25, -0.2) is 0 Å². The van der Waals surface area contributed by atoms with Gasteiger partial charge in [0.2, 0.25) is 0 Å². The first-order valence-corrected chi connectivity index (χ1v) is 7.22. The standard InChI is InChI=1S/C12H14O4S/c13-17(14,15)9-6-4-8(5-7-9)10-2-1-3-11-12(10)16-11/h4-7,10-12H,1-3H2,(H,13,14,15). The van der Waals surface area contributed by atoms with Crippen LogP contribution in [-0.4, -0.2) is 25.2 Å². The first kappa shape index (κ1) is 11.2. The Morgan fingerprint density at radius 3 is 2.53 bits per heavy atom. The van der Waals surface area contributed by atoms with Crippen LogP contribution in [0.25, 0.3) is 0 Å². The van der Waals surface area contributed by atoms with Crippen LogP contribution in [0.1, 0.15) is 30.7 Å². The first-order chi connectivity index (χ1) is 8.05. The molecule has 2 aliphatic rings. The van der Waals surface area contributed by atoms with Gasteiger partial charge in [0.05, 0.1) is 17.1 Å². The highest BCUT2D eigenvalue weighted by Crippen LogP contribution is 2.45. The molecular weight excluding hydrogens is 240 g/mol. The van der Waals surface area contributed by atoms with Crippen LogP contribution < -0.4 is 0 Å². The van der Waals surface area contributed by atoms with Gasteiger partial charge in [-0.1, -0.05) is 18.6 Å². The molecule has 1 N–H and O–H groups in total. The summed E-state index contributed by atoms with van der Waals surface area (Å²) in [5.74, 6) is 0.379. The van der Waals surface area contributed by atoms with E-state index in [2.05, 4.69) is 0 Å². The molecule has 2 fully saturated rings. The Morgan fingerprint density at radius 1 is 1.18 bits per heavy atom. The highest BCUT2D eigenvalue weighted by molar-refractivity contribution is 7.85. The summed E-state index contributed by atoms with van der Waals surface area (Å²) in [6, 6.07) is 6.46. The maximum Gasteiger partial charge on any atom is 0.294 e. The molecule has 0 spiro atoms. The Hall–Kier alpha value is -0.910. The van der Waals surface area contributed by atoms with Crippen molar-refractivity contribution in [3.63, 3.8) is 0 Å². The number of rotatable bonds is 2. The van der Waals surface area contributed by atoms with E-state index in [1.54, 1.807) is 12.1 Å². The van der Waals surface area contributed by atoms with Gasteiger partial charge >= 0.3 is 0 Å². The lowest BCUT2D eigenvalue weighted by Gasteiger charge is -2.18. The van der Waals surface area contributed by atoms with E-state index >= 15 is 0 Å². The molecule has 4 nitrogen and oxygen atoms in total. The van der Waals surface area contributed by atoms with Crippen molar-refractivity contribution in [3.8, 4) is 0 Å². The van der Waals surface area contributed by atoms with E-state index in [-0.39, 0.29) is 4.90 Å². The monoisotopic (exact) mass is 254 g/mol. The third-order valence-electron chi connectivity index (χ3n) is 3.63. The van der Waals surface area contributed by atoms with Gasteiger partial charge in [-0.15, -0.1) is 0 Å². The Labute approximate surface area is 100 Å². The van der Waals surface area contributed by atoms with Crippen molar-refractivity contribution >= 4 is 10.1 Å². The van der Waals surface area contributed by atoms with E-state index in [0.717, 1.165) is 24.8 Å². The van der Waals surface area contributed by atoms with Crippen LogP contribution in [0.4, 0.5) is 0 Å². The molecule has 3 rings (SSSR count). The molecule has 0 bridgehead atoms. The van der Waals surface area contributed by atoms with Crippen LogP contribution in [0.5, 0.6) is 0 Å². The van der Waals surface area contributed by atoms with Crippen LogP contribution in [0, 0.1) is 0 Å². The number of hydrogen-bond donors (Lipinski definition) is 1. The van der Waals surface area contributed by atoms with Gasteiger partial charge < -0.3 is 4.74 Å². The summed E-state index contributed by atoms with van der Waals surface area (Å²) in [6.07, 6.45) is 4.12. The quantitative estimate of drug-likeness (QED) is 0.647. The SMILES string of the molecule is O=S(=O)(O)c1ccc(C2CCCC3OC32)cc1. The molecule has 5 heteroatoms. The second-order valence-corrected chi connectivity index (χ2v) is 6.14. The van der Waals surface area contributed by atoms with Crippen molar-refractivity contribution in [1.29, 1.82) is 0 Å². The van der Waals surface area contributed by atoms with E-state index < -0.39 is 10.1 Å². The van der Waals surface area contributed by atoms with E-state index in [9.17, 15) is 8.42 Å². The molecule has 1 heterocycles. The minimum Gasteiger partial charge on any atom is -0.369 e. The van der Waals surface area contributed by atoms with Crippen LogP contribution in [-0.2, 0) is 14.9 Å². The molecule has 0 amide bonds. The summed E-state index contributed by atoms with van der Waals surface area (Å²) < 4.78 is 36.3. The summed E-state index contributed by atoms with van der Waals surface area (Å²) in [7, 11) is -4.08. The lowest BCUT2D eigenvalue weighted by Crippen LogP contribution is -2.14. The molecular formula is C12H14O4S. The fourth-order valence-corrected chi connectivity index (χ4v) is 3.17. The average Bonchev–Trinajstić information content (AvgIpc) is 3.06. The van der Waals surface area contributed by atoms with Gasteiger partial charge in [-0.2, -0.15) is 8.42 Å². The molecule has 3 unspecified atom stereocenters. The molecule has 0 aromatic heterocycles. The molecule has 1 aromatic carbocycles. The number of epoxide rings is 1. The Morgan fingerprint density at radius 2 is 1.88 bits per heavy atom. The van der Waals surface area contributed by atoms with Gasteiger partial charge in [0.25, 0.3) is 10.1 Å². The molecule has 1 aliphatic heterocycles. The maximum atomic E-state index is 10.9. The smallest absolute Gasteiger partial charge is 0.294 e. The van der Waals surface area contributed by atoms with Gasteiger partial charge in [0.1, 0.15) is 0 Å². The van der Waals surface area contributed by atoms with Crippen molar-refractivity contribution in [2.75, 3.05) is 0 Å². The zero-order valence-electron chi connectivity index (χ0n) is 9.24. The fourth-order valence-electron chi connectivity index (χ4n) is 2.69. The minimum atomic E-state index is -4.08. The summed E-state index contributed by atoms with van der Waals surface area (Å²) in [5, 5.41) is 0. The van der Waals surface area contributed by atoms with Crippen molar-refractivity contribution in [2.45, 2.75) is 42.3 Å². The Kier molecular flexibility index (Phi) is 2.50. The van der Waals surface area contributed by atoms with E-state index in [0.29, 0.717) is 18.1 Å². The fraction of sp³-hybridized carbons (Fsp3) is 0.500. The molecule has 1 aliphatic carbocycles. The topological polar surface area (TPSA) is 66.9 Å². The lowest BCUT2D eigenvalue weighted by atomic mass is 9.84. The van der Waals surface area contributed by atoms with Crippen LogP contribution >= 0.6 is 0 Å². The summed E-state index contributed by atoms with van der Waals surface area (Å²) in [6.45, 7) is 0. The van der Waals surface area contributed by atoms with E-state index in [1.165, 1.54) is 12.1 Å². The minimum absolute atomic E-state index is 0.0506. The number of ether oxygens (including phenoxy) is 1. The third kappa shape index (κ3) is 2.10. The highest BCUT2D eigenvalue weighted by Gasteiger charge is 2.47. The van der Waals surface area contributed by atoms with Crippen LogP contribution in [0.15, 0.2) is 29.2 Å². The predicted octanol–water partition coefficient (Wildman–Crippen LogP) is 1.97. The number of benzene rings is 1. The Balaban J connectivity index is 1.85. The molecule has 92 valence electrons. The van der Waals surface area contributed by atoms with E-state index in [1.807, 2.05) is 0 Å². The highest BCUT2D eigenvalue weighted by atomic mass is 32.2. The largest absolute Gasteiger partial charge is 0.369 e. The number of fused-ring (bicyclic) bond motifs is 1. The van der Waals surface area contributed by atoms with Crippen molar-refractivity contribution in [3.05, 3.63) is 29.8 Å². The predicted molar refractivity (Wildman–Crippen MR) is 61.5 cm³/mol. The van der Waals surface area contributed by atoms with Crippen molar-refractivity contribution in [2.24, 2.45) is 0 Å².